The van der Waals surface area contributed by atoms with E-state index >= 15 is 0 Å². The van der Waals surface area contributed by atoms with E-state index in [2.05, 4.69) is 48.4 Å². The van der Waals surface area contributed by atoms with E-state index in [4.69, 9.17) is 0 Å². The van der Waals surface area contributed by atoms with E-state index in [1.807, 2.05) is 0 Å². The zero-order valence-electron chi connectivity index (χ0n) is 6.73. The molecule has 2 rings (SSSR count). The van der Waals surface area contributed by atoms with Crippen LogP contribution in [0.5, 0.6) is 0 Å². The highest BCUT2D eigenvalue weighted by atomic mass is 32.2. The van der Waals surface area contributed by atoms with E-state index in [1.54, 1.807) is 11.8 Å². The van der Waals surface area contributed by atoms with Gasteiger partial charge < -0.3 is 0 Å². The van der Waals surface area contributed by atoms with Crippen LogP contribution < -0.4 is 0 Å². The van der Waals surface area contributed by atoms with Crippen LogP contribution in [0.2, 0.25) is 0 Å². The predicted molar refractivity (Wildman–Crippen MR) is 55.7 cm³/mol. The summed E-state index contributed by atoms with van der Waals surface area (Å²) in [5, 5.41) is 2.09. The van der Waals surface area contributed by atoms with Crippen LogP contribution in [0.15, 0.2) is 58.9 Å². The molecule has 0 aromatic heterocycles. The maximum atomic E-state index is 4.01. The summed E-state index contributed by atoms with van der Waals surface area (Å²) in [6.45, 7) is 4.01. The molecule has 0 radical (unpaired) electrons. The maximum absolute atomic E-state index is 4.01. The van der Waals surface area contributed by atoms with Crippen LogP contribution in [0, 0.1) is 5.92 Å². The Morgan fingerprint density at radius 2 is 2.17 bits per heavy atom. The Kier molecular flexibility index (Phi) is 2.05. The van der Waals surface area contributed by atoms with Crippen molar-refractivity contribution in [3.63, 3.8) is 0 Å². The lowest BCUT2D eigenvalue weighted by atomic mass is 10.0. The molecule has 1 aliphatic carbocycles. The SMILES string of the molecule is C=C1C=CSC2=CC1C=CC=C2. The highest BCUT2D eigenvalue weighted by Crippen LogP contribution is 2.30. The zero-order valence-corrected chi connectivity index (χ0v) is 7.55. The second kappa shape index (κ2) is 3.20. The summed E-state index contributed by atoms with van der Waals surface area (Å²) < 4.78 is 0. The molecule has 0 saturated carbocycles. The topological polar surface area (TPSA) is 0 Å². The Balaban J connectivity index is 2.41. The minimum Gasteiger partial charge on any atom is -0.0984 e. The Morgan fingerprint density at radius 1 is 1.25 bits per heavy atom. The molecule has 0 spiro atoms. The van der Waals surface area contributed by atoms with Gasteiger partial charge in [-0.05, 0) is 17.1 Å². The molecule has 0 amide bonds. The minimum absolute atomic E-state index is 0.390. The molecule has 12 heavy (non-hydrogen) atoms. The Hall–Kier alpha value is -0.950. The Morgan fingerprint density at radius 3 is 3.08 bits per heavy atom. The first-order valence-corrected chi connectivity index (χ1v) is 4.83. The maximum Gasteiger partial charge on any atom is 0.0210 e. The summed E-state index contributed by atoms with van der Waals surface area (Å²) in [5.74, 6) is 0.390. The van der Waals surface area contributed by atoms with E-state index in [9.17, 15) is 0 Å². The summed E-state index contributed by atoms with van der Waals surface area (Å²) >= 11 is 1.75. The van der Waals surface area contributed by atoms with Crippen molar-refractivity contribution in [3.05, 3.63) is 58.9 Å². The smallest absolute Gasteiger partial charge is 0.0210 e. The number of allylic oxidation sites excluding steroid dienone is 7. The summed E-state index contributed by atoms with van der Waals surface area (Å²) in [7, 11) is 0. The lowest BCUT2D eigenvalue weighted by Gasteiger charge is -2.04. The van der Waals surface area contributed by atoms with Crippen molar-refractivity contribution in [2.24, 2.45) is 5.92 Å². The van der Waals surface area contributed by atoms with Crippen molar-refractivity contribution in [2.45, 2.75) is 0 Å². The fourth-order valence-corrected chi connectivity index (χ4v) is 2.02. The molecule has 0 aromatic rings. The van der Waals surface area contributed by atoms with Gasteiger partial charge in [-0.25, -0.2) is 0 Å². The molecule has 1 aliphatic heterocycles. The summed E-state index contributed by atoms with van der Waals surface area (Å²) in [4.78, 5) is 1.31. The molecule has 0 saturated heterocycles. The number of rotatable bonds is 0. The van der Waals surface area contributed by atoms with E-state index in [0.29, 0.717) is 5.92 Å². The lowest BCUT2D eigenvalue weighted by Crippen LogP contribution is -1.91. The van der Waals surface area contributed by atoms with Crippen LogP contribution in [0.25, 0.3) is 0 Å². The van der Waals surface area contributed by atoms with Crippen LogP contribution in [-0.4, -0.2) is 0 Å². The van der Waals surface area contributed by atoms with E-state index in [1.165, 1.54) is 4.91 Å². The van der Waals surface area contributed by atoms with Crippen molar-refractivity contribution in [2.75, 3.05) is 0 Å². The van der Waals surface area contributed by atoms with Gasteiger partial charge in [0.25, 0.3) is 0 Å². The van der Waals surface area contributed by atoms with Crippen LogP contribution in [0.1, 0.15) is 0 Å². The first kappa shape index (κ1) is 7.69. The summed E-state index contributed by atoms with van der Waals surface area (Å²) in [6, 6.07) is 0. The second-order valence-electron chi connectivity index (χ2n) is 2.83. The van der Waals surface area contributed by atoms with Gasteiger partial charge in [-0.15, -0.1) is 0 Å². The summed E-state index contributed by atoms with van der Waals surface area (Å²) in [5.41, 5.74) is 1.16. The average molecular weight is 174 g/mol. The van der Waals surface area contributed by atoms with Gasteiger partial charge in [0.05, 0.1) is 0 Å². The lowest BCUT2D eigenvalue weighted by molar-refractivity contribution is 1.02. The molecule has 1 heteroatoms. The van der Waals surface area contributed by atoms with Crippen molar-refractivity contribution < 1.29 is 0 Å². The van der Waals surface area contributed by atoms with E-state index < -0.39 is 0 Å². The fraction of sp³-hybridized carbons (Fsp3) is 0.0909. The van der Waals surface area contributed by atoms with Crippen molar-refractivity contribution in [1.29, 1.82) is 0 Å². The number of hydrogen-bond acceptors (Lipinski definition) is 1. The average Bonchev–Trinajstić information content (AvgIpc) is 2.38. The third kappa shape index (κ3) is 1.46. The molecule has 1 heterocycles. The molecular weight excluding hydrogens is 164 g/mol. The standard InChI is InChI=1S/C11H10S/c1-9-6-7-12-11-5-3-2-4-10(9)8-11/h2-8,10H,1H2. The van der Waals surface area contributed by atoms with Crippen LogP contribution >= 0.6 is 11.8 Å². The van der Waals surface area contributed by atoms with Gasteiger partial charge in [0, 0.05) is 10.8 Å². The first-order chi connectivity index (χ1) is 5.86. The normalized spacial score (nSPS) is 26.5. The molecule has 0 N–H and O–H groups in total. The number of fused-ring (bicyclic) bond motifs is 1. The fourth-order valence-electron chi connectivity index (χ4n) is 1.24. The Labute approximate surface area is 77.1 Å². The van der Waals surface area contributed by atoms with Gasteiger partial charge in [0.1, 0.15) is 0 Å². The molecule has 1 unspecified atom stereocenters. The second-order valence-corrected chi connectivity index (χ2v) is 3.81. The van der Waals surface area contributed by atoms with Gasteiger partial charge in [-0.2, -0.15) is 0 Å². The molecular formula is C11H10S. The van der Waals surface area contributed by atoms with E-state index in [-0.39, 0.29) is 0 Å². The molecule has 0 nitrogen and oxygen atoms in total. The van der Waals surface area contributed by atoms with Crippen molar-refractivity contribution >= 4 is 11.8 Å². The minimum atomic E-state index is 0.390. The van der Waals surface area contributed by atoms with Gasteiger partial charge in [0.15, 0.2) is 0 Å². The largest absolute Gasteiger partial charge is 0.0984 e. The van der Waals surface area contributed by atoms with Crippen molar-refractivity contribution in [1.82, 2.24) is 0 Å². The van der Waals surface area contributed by atoms with Crippen LogP contribution in [0.3, 0.4) is 0 Å². The molecule has 2 aliphatic rings. The molecule has 2 bridgehead atoms. The van der Waals surface area contributed by atoms with Gasteiger partial charge in [0.2, 0.25) is 0 Å². The summed E-state index contributed by atoms with van der Waals surface area (Å²) in [6.07, 6.45) is 12.8. The highest BCUT2D eigenvalue weighted by Gasteiger charge is 2.09. The number of hydrogen-bond donors (Lipinski definition) is 0. The third-order valence-electron chi connectivity index (χ3n) is 1.95. The number of thioether (sulfide) groups is 1. The first-order valence-electron chi connectivity index (χ1n) is 3.95. The molecule has 60 valence electrons. The van der Waals surface area contributed by atoms with Crippen LogP contribution in [0.4, 0.5) is 0 Å². The molecule has 0 aromatic carbocycles. The van der Waals surface area contributed by atoms with Gasteiger partial charge in [-0.3, -0.25) is 0 Å². The predicted octanol–water partition coefficient (Wildman–Crippen LogP) is 3.43. The molecule has 0 fully saturated rings. The monoisotopic (exact) mass is 174 g/mol. The Bertz CT molecular complexity index is 316. The van der Waals surface area contributed by atoms with E-state index in [0.717, 1.165) is 5.57 Å². The zero-order chi connectivity index (χ0) is 8.39. The van der Waals surface area contributed by atoms with Crippen molar-refractivity contribution in [3.8, 4) is 0 Å². The quantitative estimate of drug-likeness (QED) is 0.542. The molecule has 1 atom stereocenters. The highest BCUT2D eigenvalue weighted by molar-refractivity contribution is 8.06. The van der Waals surface area contributed by atoms with Crippen LogP contribution in [-0.2, 0) is 0 Å². The third-order valence-corrected chi connectivity index (χ3v) is 2.76. The van der Waals surface area contributed by atoms with Gasteiger partial charge in [-0.1, -0.05) is 48.7 Å². The van der Waals surface area contributed by atoms with Gasteiger partial charge >= 0.3 is 0 Å².